The smallest absolute Gasteiger partial charge is 0.254 e. The van der Waals surface area contributed by atoms with E-state index in [1.54, 1.807) is 0 Å². The molecule has 1 atom stereocenters. The Kier molecular flexibility index (Phi) is 6.72. The fraction of sp³-hybridized carbons (Fsp3) is 0.316. The van der Waals surface area contributed by atoms with Gasteiger partial charge >= 0.3 is 0 Å². The number of hydrogen-bond donors (Lipinski definition) is 1. The summed E-state index contributed by atoms with van der Waals surface area (Å²) in [5, 5.41) is 0. The predicted octanol–water partition coefficient (Wildman–Crippen LogP) is 3.81. The van der Waals surface area contributed by atoms with E-state index in [1.165, 1.54) is 11.1 Å². The topological polar surface area (TPSA) is 46.3 Å². The van der Waals surface area contributed by atoms with Crippen molar-refractivity contribution in [3.8, 4) is 0 Å². The van der Waals surface area contributed by atoms with Crippen LogP contribution in [0, 0.1) is 6.92 Å². The van der Waals surface area contributed by atoms with Crippen LogP contribution in [-0.4, -0.2) is 28.9 Å². The largest absolute Gasteiger partial charge is 0.330 e. The van der Waals surface area contributed by atoms with Crippen molar-refractivity contribution < 1.29 is 4.79 Å². The van der Waals surface area contributed by atoms with Crippen LogP contribution in [0.5, 0.6) is 0 Å². The number of thioether (sulfide) groups is 1. The highest BCUT2D eigenvalue weighted by molar-refractivity contribution is 7.99. The SMILES string of the molecule is Cc1ccc(C2CSCCN2C(=O)c2ccc(CN)cc2)cc1.Cl. The van der Waals surface area contributed by atoms with Gasteiger partial charge in [0, 0.05) is 30.2 Å². The van der Waals surface area contributed by atoms with Gasteiger partial charge in [0.25, 0.3) is 5.91 Å². The van der Waals surface area contributed by atoms with Crippen LogP contribution in [0.25, 0.3) is 0 Å². The molecule has 0 radical (unpaired) electrons. The maximum atomic E-state index is 12.9. The quantitative estimate of drug-likeness (QED) is 0.903. The van der Waals surface area contributed by atoms with E-state index in [2.05, 4.69) is 31.2 Å². The van der Waals surface area contributed by atoms with Crippen molar-refractivity contribution in [2.45, 2.75) is 19.5 Å². The number of hydrogen-bond acceptors (Lipinski definition) is 3. The highest BCUT2D eigenvalue weighted by Crippen LogP contribution is 2.31. The summed E-state index contributed by atoms with van der Waals surface area (Å²) in [4.78, 5) is 14.9. The fourth-order valence-electron chi connectivity index (χ4n) is 2.86. The van der Waals surface area contributed by atoms with E-state index in [0.717, 1.165) is 29.2 Å². The Bertz CT molecular complexity index is 673. The third kappa shape index (κ3) is 4.12. The van der Waals surface area contributed by atoms with E-state index in [4.69, 9.17) is 5.73 Å². The summed E-state index contributed by atoms with van der Waals surface area (Å²) in [7, 11) is 0. The summed E-state index contributed by atoms with van der Waals surface area (Å²) in [5.41, 5.74) is 9.88. The molecule has 1 aliphatic rings. The van der Waals surface area contributed by atoms with Gasteiger partial charge in [0.05, 0.1) is 6.04 Å². The van der Waals surface area contributed by atoms with Crippen molar-refractivity contribution in [1.82, 2.24) is 4.90 Å². The molecule has 0 aliphatic carbocycles. The monoisotopic (exact) mass is 362 g/mol. The van der Waals surface area contributed by atoms with Crippen molar-refractivity contribution in [3.05, 3.63) is 70.8 Å². The molecule has 2 aromatic rings. The summed E-state index contributed by atoms with van der Waals surface area (Å²) >= 11 is 1.91. The summed E-state index contributed by atoms with van der Waals surface area (Å²) in [6.45, 7) is 3.38. The van der Waals surface area contributed by atoms with Crippen LogP contribution in [0.2, 0.25) is 0 Å². The minimum absolute atomic E-state index is 0. The van der Waals surface area contributed by atoms with Crippen LogP contribution in [0.1, 0.15) is 33.1 Å². The lowest BCUT2D eigenvalue weighted by molar-refractivity contribution is 0.0701. The molecular formula is C19H23ClN2OS. The second kappa shape index (κ2) is 8.56. The third-order valence-electron chi connectivity index (χ3n) is 4.29. The highest BCUT2D eigenvalue weighted by Gasteiger charge is 2.28. The van der Waals surface area contributed by atoms with E-state index in [-0.39, 0.29) is 24.4 Å². The van der Waals surface area contributed by atoms with Crippen molar-refractivity contribution in [2.24, 2.45) is 5.73 Å². The molecule has 1 amide bonds. The van der Waals surface area contributed by atoms with Gasteiger partial charge in [0.1, 0.15) is 0 Å². The van der Waals surface area contributed by atoms with Gasteiger partial charge in [0.15, 0.2) is 0 Å². The van der Waals surface area contributed by atoms with Crippen LogP contribution in [-0.2, 0) is 6.54 Å². The predicted molar refractivity (Wildman–Crippen MR) is 104 cm³/mol. The lowest BCUT2D eigenvalue weighted by Crippen LogP contribution is -2.40. The average Bonchev–Trinajstić information content (AvgIpc) is 2.62. The number of carbonyl (C=O) groups excluding carboxylic acids is 1. The molecule has 2 N–H and O–H groups in total. The molecule has 0 spiro atoms. The standard InChI is InChI=1S/C19H22N2OS.ClH/c1-14-2-6-16(7-3-14)18-13-23-11-10-21(18)19(22)17-8-4-15(12-20)5-9-17;/h2-9,18H,10-13,20H2,1H3;1H. The van der Waals surface area contributed by atoms with E-state index in [0.29, 0.717) is 6.54 Å². The number of benzene rings is 2. The van der Waals surface area contributed by atoms with E-state index >= 15 is 0 Å². The molecule has 5 heteroatoms. The molecule has 1 saturated heterocycles. The van der Waals surface area contributed by atoms with E-state index < -0.39 is 0 Å². The van der Waals surface area contributed by atoms with Gasteiger partial charge < -0.3 is 10.6 Å². The molecule has 1 aliphatic heterocycles. The Morgan fingerprint density at radius 3 is 2.46 bits per heavy atom. The molecule has 24 heavy (non-hydrogen) atoms. The number of carbonyl (C=O) groups is 1. The Morgan fingerprint density at radius 2 is 1.83 bits per heavy atom. The molecular weight excluding hydrogens is 340 g/mol. The van der Waals surface area contributed by atoms with Gasteiger partial charge in [-0.25, -0.2) is 0 Å². The van der Waals surface area contributed by atoms with Gasteiger partial charge in [-0.05, 0) is 30.2 Å². The molecule has 2 aromatic carbocycles. The van der Waals surface area contributed by atoms with Crippen LogP contribution in [0.3, 0.4) is 0 Å². The zero-order chi connectivity index (χ0) is 16.2. The molecule has 0 aromatic heterocycles. The van der Waals surface area contributed by atoms with Crippen LogP contribution in [0.15, 0.2) is 48.5 Å². The van der Waals surface area contributed by atoms with Crippen LogP contribution < -0.4 is 5.73 Å². The number of rotatable bonds is 3. The number of halogens is 1. The summed E-state index contributed by atoms with van der Waals surface area (Å²) in [6.07, 6.45) is 0. The molecule has 3 rings (SSSR count). The first-order valence-electron chi connectivity index (χ1n) is 7.93. The number of nitrogens with zero attached hydrogens (tertiary/aromatic N) is 1. The van der Waals surface area contributed by atoms with Gasteiger partial charge in [-0.1, -0.05) is 42.0 Å². The number of aryl methyl sites for hydroxylation is 1. The minimum atomic E-state index is 0. The second-order valence-electron chi connectivity index (χ2n) is 5.90. The van der Waals surface area contributed by atoms with E-state index in [1.807, 2.05) is 40.9 Å². The minimum Gasteiger partial charge on any atom is -0.330 e. The molecule has 1 heterocycles. The molecule has 0 bridgehead atoms. The third-order valence-corrected chi connectivity index (χ3v) is 5.31. The van der Waals surface area contributed by atoms with Crippen LogP contribution in [0.4, 0.5) is 0 Å². The number of nitrogens with two attached hydrogens (primary N) is 1. The Morgan fingerprint density at radius 1 is 1.17 bits per heavy atom. The average molecular weight is 363 g/mol. The van der Waals surface area contributed by atoms with E-state index in [9.17, 15) is 4.79 Å². The normalized spacial score (nSPS) is 17.2. The maximum Gasteiger partial charge on any atom is 0.254 e. The first kappa shape index (κ1) is 18.8. The van der Waals surface area contributed by atoms with Crippen molar-refractivity contribution in [2.75, 3.05) is 18.1 Å². The lowest BCUT2D eigenvalue weighted by atomic mass is 10.0. The van der Waals surface area contributed by atoms with Gasteiger partial charge in [-0.15, -0.1) is 12.4 Å². The van der Waals surface area contributed by atoms with Crippen molar-refractivity contribution >= 4 is 30.1 Å². The lowest BCUT2D eigenvalue weighted by Gasteiger charge is -2.36. The molecule has 0 saturated carbocycles. The number of amides is 1. The maximum absolute atomic E-state index is 12.9. The first-order valence-corrected chi connectivity index (χ1v) is 9.09. The zero-order valence-electron chi connectivity index (χ0n) is 13.8. The summed E-state index contributed by atoms with van der Waals surface area (Å²) in [5.74, 6) is 2.06. The molecule has 1 unspecified atom stereocenters. The fourth-order valence-corrected chi connectivity index (χ4v) is 3.95. The summed E-state index contributed by atoms with van der Waals surface area (Å²) < 4.78 is 0. The van der Waals surface area contributed by atoms with Gasteiger partial charge in [-0.3, -0.25) is 4.79 Å². The first-order chi connectivity index (χ1) is 11.2. The molecule has 128 valence electrons. The zero-order valence-corrected chi connectivity index (χ0v) is 15.4. The molecule has 3 nitrogen and oxygen atoms in total. The highest BCUT2D eigenvalue weighted by atomic mass is 35.5. The Labute approximate surface area is 154 Å². The Hall–Kier alpha value is -1.49. The summed E-state index contributed by atoms with van der Waals surface area (Å²) in [6, 6.07) is 16.3. The van der Waals surface area contributed by atoms with Crippen molar-refractivity contribution in [1.29, 1.82) is 0 Å². The van der Waals surface area contributed by atoms with Crippen LogP contribution >= 0.6 is 24.2 Å². The molecule has 1 fully saturated rings. The second-order valence-corrected chi connectivity index (χ2v) is 7.05. The van der Waals surface area contributed by atoms with Gasteiger partial charge in [0.2, 0.25) is 0 Å². The van der Waals surface area contributed by atoms with Crippen molar-refractivity contribution in [3.63, 3.8) is 0 Å². The van der Waals surface area contributed by atoms with Gasteiger partial charge in [-0.2, -0.15) is 11.8 Å². The Balaban J connectivity index is 0.00000208.